The summed E-state index contributed by atoms with van der Waals surface area (Å²) in [6.45, 7) is 6.57. The van der Waals surface area contributed by atoms with E-state index in [9.17, 15) is 9.59 Å². The summed E-state index contributed by atoms with van der Waals surface area (Å²) in [6.07, 6.45) is 4.49. The van der Waals surface area contributed by atoms with Gasteiger partial charge in [-0.15, -0.1) is 0 Å². The maximum Gasteiger partial charge on any atom is 0.258 e. The monoisotopic (exact) mass is 354 g/mol. The van der Waals surface area contributed by atoms with Crippen molar-refractivity contribution in [1.82, 2.24) is 4.90 Å². The molecule has 1 fully saturated rings. The average Bonchev–Trinajstić information content (AvgIpc) is 3.05. The van der Waals surface area contributed by atoms with E-state index in [2.05, 4.69) is 6.92 Å². The molecule has 0 aliphatic carbocycles. The second-order valence-electron chi connectivity index (χ2n) is 6.96. The van der Waals surface area contributed by atoms with Crippen molar-refractivity contribution in [3.05, 3.63) is 53.5 Å². The van der Waals surface area contributed by atoms with Crippen LogP contribution >= 0.6 is 0 Å². The van der Waals surface area contributed by atoms with Crippen molar-refractivity contribution in [2.45, 2.75) is 46.1 Å². The van der Waals surface area contributed by atoms with Gasteiger partial charge in [-0.3, -0.25) is 9.59 Å². The standard InChI is InChI=1S/C21H26N2O3/c1-4-5-8-18-13-22(17-9-6-7-15(2)12-17)20(24)14-23(18)21(25)19-10-11-26-16(19)3/h6-7,9-12,18H,4-5,8,13-14H2,1-3H3. The lowest BCUT2D eigenvalue weighted by Crippen LogP contribution is -2.58. The van der Waals surface area contributed by atoms with Crippen LogP contribution in [0.5, 0.6) is 0 Å². The molecular formula is C21H26N2O3. The van der Waals surface area contributed by atoms with Crippen molar-refractivity contribution in [2.75, 3.05) is 18.0 Å². The highest BCUT2D eigenvalue weighted by Gasteiger charge is 2.36. The van der Waals surface area contributed by atoms with Gasteiger partial charge in [0.15, 0.2) is 0 Å². The molecule has 1 saturated heterocycles. The number of anilines is 1. The third kappa shape index (κ3) is 3.66. The molecule has 2 amide bonds. The van der Waals surface area contributed by atoms with Gasteiger partial charge in [-0.1, -0.05) is 31.9 Å². The van der Waals surface area contributed by atoms with Gasteiger partial charge in [0, 0.05) is 12.2 Å². The van der Waals surface area contributed by atoms with Crippen LogP contribution in [-0.4, -0.2) is 35.8 Å². The highest BCUT2D eigenvalue weighted by Crippen LogP contribution is 2.25. The molecule has 26 heavy (non-hydrogen) atoms. The summed E-state index contributed by atoms with van der Waals surface area (Å²) in [4.78, 5) is 29.3. The number of carbonyl (C=O) groups excluding carboxylic acids is 2. The van der Waals surface area contributed by atoms with Crippen LogP contribution in [0.25, 0.3) is 0 Å². The van der Waals surface area contributed by atoms with Crippen molar-refractivity contribution in [3.63, 3.8) is 0 Å². The molecule has 5 heteroatoms. The van der Waals surface area contributed by atoms with E-state index in [1.165, 1.54) is 6.26 Å². The molecule has 2 aromatic rings. The highest BCUT2D eigenvalue weighted by molar-refractivity contribution is 6.02. The zero-order valence-corrected chi connectivity index (χ0v) is 15.7. The molecule has 3 rings (SSSR count). The van der Waals surface area contributed by atoms with Crippen LogP contribution in [0.2, 0.25) is 0 Å². The fourth-order valence-electron chi connectivity index (χ4n) is 3.50. The summed E-state index contributed by atoms with van der Waals surface area (Å²) in [5.74, 6) is 0.435. The van der Waals surface area contributed by atoms with Crippen LogP contribution in [0.4, 0.5) is 5.69 Å². The SMILES string of the molecule is CCCCC1CN(c2cccc(C)c2)C(=O)CN1C(=O)c1ccoc1C. The molecule has 5 nitrogen and oxygen atoms in total. The number of piperazine rings is 1. The van der Waals surface area contributed by atoms with Crippen molar-refractivity contribution in [2.24, 2.45) is 0 Å². The van der Waals surface area contributed by atoms with Crippen molar-refractivity contribution in [3.8, 4) is 0 Å². The first-order valence-electron chi connectivity index (χ1n) is 9.23. The average molecular weight is 354 g/mol. The number of furan rings is 1. The number of rotatable bonds is 5. The van der Waals surface area contributed by atoms with Crippen LogP contribution in [-0.2, 0) is 4.79 Å². The van der Waals surface area contributed by atoms with Gasteiger partial charge >= 0.3 is 0 Å². The Kier molecular flexibility index (Phi) is 5.45. The number of unbranched alkanes of at least 4 members (excludes halogenated alkanes) is 1. The fourth-order valence-corrected chi connectivity index (χ4v) is 3.50. The number of hydrogen-bond donors (Lipinski definition) is 0. The molecule has 0 saturated carbocycles. The van der Waals surface area contributed by atoms with E-state index in [1.807, 2.05) is 36.1 Å². The van der Waals surface area contributed by atoms with Crippen molar-refractivity contribution in [1.29, 1.82) is 0 Å². The smallest absolute Gasteiger partial charge is 0.258 e. The predicted octanol–water partition coefficient (Wildman–Crippen LogP) is 3.94. The molecular weight excluding hydrogens is 328 g/mol. The second kappa shape index (κ2) is 7.77. The molecule has 1 aliphatic heterocycles. The Labute approximate surface area is 154 Å². The summed E-state index contributed by atoms with van der Waals surface area (Å²) >= 11 is 0. The lowest BCUT2D eigenvalue weighted by molar-refractivity contribution is -0.121. The molecule has 0 spiro atoms. The maximum atomic E-state index is 13.0. The Morgan fingerprint density at radius 3 is 2.73 bits per heavy atom. The number of benzene rings is 1. The zero-order chi connectivity index (χ0) is 18.7. The van der Waals surface area contributed by atoms with Crippen LogP contribution in [0, 0.1) is 13.8 Å². The number of hydrogen-bond acceptors (Lipinski definition) is 3. The van der Waals surface area contributed by atoms with Crippen LogP contribution in [0.1, 0.15) is 47.9 Å². The van der Waals surface area contributed by atoms with E-state index in [4.69, 9.17) is 4.42 Å². The molecule has 1 aromatic heterocycles. The number of aryl methyl sites for hydroxylation is 2. The molecule has 1 aliphatic rings. The van der Waals surface area contributed by atoms with Gasteiger partial charge in [0.2, 0.25) is 5.91 Å². The lowest BCUT2D eigenvalue weighted by Gasteiger charge is -2.41. The first kappa shape index (κ1) is 18.2. The molecule has 2 heterocycles. The minimum atomic E-state index is -0.116. The topological polar surface area (TPSA) is 53.8 Å². The first-order valence-corrected chi connectivity index (χ1v) is 9.23. The van der Waals surface area contributed by atoms with E-state index in [0.717, 1.165) is 30.5 Å². The van der Waals surface area contributed by atoms with Gasteiger partial charge in [-0.05, 0) is 44.0 Å². The predicted molar refractivity (Wildman–Crippen MR) is 101 cm³/mol. The molecule has 1 aromatic carbocycles. The maximum absolute atomic E-state index is 13.0. The molecule has 0 bridgehead atoms. The third-order valence-electron chi connectivity index (χ3n) is 5.00. The van der Waals surface area contributed by atoms with Crippen LogP contribution in [0.3, 0.4) is 0 Å². The van der Waals surface area contributed by atoms with E-state index >= 15 is 0 Å². The number of nitrogens with zero attached hydrogens (tertiary/aromatic N) is 2. The summed E-state index contributed by atoms with van der Waals surface area (Å²) in [7, 11) is 0. The molecule has 138 valence electrons. The fraction of sp³-hybridized carbons (Fsp3) is 0.429. The summed E-state index contributed by atoms with van der Waals surface area (Å²) in [6, 6.07) is 9.66. The Hall–Kier alpha value is -2.56. The number of amides is 2. The normalized spacial score (nSPS) is 17.7. The van der Waals surface area contributed by atoms with Crippen molar-refractivity contribution >= 4 is 17.5 Å². The number of carbonyl (C=O) groups is 2. The minimum absolute atomic E-state index is 0.00922. The van der Waals surface area contributed by atoms with Gasteiger partial charge in [0.25, 0.3) is 5.91 Å². The van der Waals surface area contributed by atoms with Gasteiger partial charge in [-0.2, -0.15) is 0 Å². The zero-order valence-electron chi connectivity index (χ0n) is 15.7. The summed E-state index contributed by atoms with van der Waals surface area (Å²) in [5.41, 5.74) is 2.57. The van der Waals surface area contributed by atoms with E-state index < -0.39 is 0 Å². The van der Waals surface area contributed by atoms with E-state index in [0.29, 0.717) is 17.9 Å². The third-order valence-corrected chi connectivity index (χ3v) is 5.00. The van der Waals surface area contributed by atoms with Crippen molar-refractivity contribution < 1.29 is 14.0 Å². The molecule has 1 unspecified atom stereocenters. The minimum Gasteiger partial charge on any atom is -0.469 e. The summed E-state index contributed by atoms with van der Waals surface area (Å²) in [5, 5.41) is 0. The quantitative estimate of drug-likeness (QED) is 0.817. The van der Waals surface area contributed by atoms with E-state index in [1.54, 1.807) is 17.9 Å². The Balaban J connectivity index is 1.86. The Bertz CT molecular complexity index is 796. The highest BCUT2D eigenvalue weighted by atomic mass is 16.3. The van der Waals surface area contributed by atoms with Crippen LogP contribution < -0.4 is 4.90 Å². The Morgan fingerprint density at radius 2 is 2.08 bits per heavy atom. The largest absolute Gasteiger partial charge is 0.469 e. The van der Waals surface area contributed by atoms with Gasteiger partial charge in [-0.25, -0.2) is 0 Å². The van der Waals surface area contributed by atoms with Crippen LogP contribution in [0.15, 0.2) is 41.0 Å². The molecule has 1 atom stereocenters. The second-order valence-corrected chi connectivity index (χ2v) is 6.96. The summed E-state index contributed by atoms with van der Waals surface area (Å²) < 4.78 is 5.28. The molecule has 0 radical (unpaired) electrons. The molecule has 0 N–H and O–H groups in total. The first-order chi connectivity index (χ1) is 12.5. The van der Waals surface area contributed by atoms with E-state index in [-0.39, 0.29) is 24.4 Å². The van der Waals surface area contributed by atoms with Gasteiger partial charge in [0.1, 0.15) is 12.3 Å². The van der Waals surface area contributed by atoms with Gasteiger partial charge < -0.3 is 14.2 Å². The Morgan fingerprint density at radius 1 is 1.27 bits per heavy atom. The van der Waals surface area contributed by atoms with Gasteiger partial charge in [0.05, 0.1) is 17.9 Å². The lowest BCUT2D eigenvalue weighted by atomic mass is 10.0.